The van der Waals surface area contributed by atoms with Crippen molar-refractivity contribution in [2.75, 3.05) is 5.32 Å². The fraction of sp³-hybridized carbons (Fsp3) is 0.0588. The van der Waals surface area contributed by atoms with Crippen LogP contribution in [0.15, 0.2) is 65.2 Å². The highest BCUT2D eigenvalue weighted by atomic mass is 16.5. The van der Waals surface area contributed by atoms with Gasteiger partial charge in [0.25, 0.3) is 5.91 Å². The predicted molar refractivity (Wildman–Crippen MR) is 88.4 cm³/mol. The molecule has 1 amide bonds. The third-order valence-electron chi connectivity index (χ3n) is 3.23. The van der Waals surface area contributed by atoms with Gasteiger partial charge in [0.2, 0.25) is 0 Å². The molecule has 0 aliphatic heterocycles. The standard InChI is InChI=1S/C17H15N3O3/c1-2-15(23-12-6-4-3-5-7-12)16(21)18-11-8-9-13-14(10-11)20-17(22)19-13/h2-10H,1H3,(H,18,21)(H2,19,20,22). The highest BCUT2D eigenvalue weighted by Crippen LogP contribution is 2.17. The van der Waals surface area contributed by atoms with Gasteiger partial charge in [-0.1, -0.05) is 18.2 Å². The van der Waals surface area contributed by atoms with E-state index in [9.17, 15) is 9.59 Å². The number of nitrogens with one attached hydrogen (secondary N) is 3. The number of aromatic nitrogens is 2. The smallest absolute Gasteiger partial charge is 0.323 e. The number of benzene rings is 2. The lowest BCUT2D eigenvalue weighted by Crippen LogP contribution is -2.18. The van der Waals surface area contributed by atoms with Gasteiger partial charge in [-0.2, -0.15) is 0 Å². The summed E-state index contributed by atoms with van der Waals surface area (Å²) in [6.07, 6.45) is 1.60. The number of imidazole rings is 1. The summed E-state index contributed by atoms with van der Waals surface area (Å²) in [5, 5.41) is 2.75. The summed E-state index contributed by atoms with van der Waals surface area (Å²) in [7, 11) is 0. The minimum atomic E-state index is -0.367. The Balaban J connectivity index is 1.77. The molecule has 0 aliphatic rings. The van der Waals surface area contributed by atoms with Crippen molar-refractivity contribution in [2.24, 2.45) is 0 Å². The lowest BCUT2D eigenvalue weighted by atomic mass is 10.2. The van der Waals surface area contributed by atoms with Gasteiger partial charge in [-0.3, -0.25) is 4.79 Å². The maximum Gasteiger partial charge on any atom is 0.323 e. The van der Waals surface area contributed by atoms with Gasteiger partial charge >= 0.3 is 5.69 Å². The Morgan fingerprint density at radius 2 is 1.83 bits per heavy atom. The minimum Gasteiger partial charge on any atom is -0.452 e. The number of carbonyl (C=O) groups is 1. The maximum absolute atomic E-state index is 12.3. The van der Waals surface area contributed by atoms with Crippen molar-refractivity contribution in [1.82, 2.24) is 9.97 Å². The summed E-state index contributed by atoms with van der Waals surface area (Å²) in [4.78, 5) is 28.9. The van der Waals surface area contributed by atoms with Crippen LogP contribution in [0.5, 0.6) is 5.75 Å². The molecule has 3 aromatic rings. The zero-order chi connectivity index (χ0) is 16.2. The number of H-pyrrole nitrogens is 2. The van der Waals surface area contributed by atoms with Crippen molar-refractivity contribution in [1.29, 1.82) is 0 Å². The Morgan fingerprint density at radius 3 is 2.57 bits per heavy atom. The van der Waals surface area contributed by atoms with E-state index < -0.39 is 0 Å². The summed E-state index contributed by atoms with van der Waals surface area (Å²) >= 11 is 0. The topological polar surface area (TPSA) is 87.0 Å². The molecule has 0 unspecified atom stereocenters. The van der Waals surface area contributed by atoms with Crippen molar-refractivity contribution in [3.63, 3.8) is 0 Å². The maximum atomic E-state index is 12.3. The first-order valence-corrected chi connectivity index (χ1v) is 7.08. The number of allylic oxidation sites excluding steroid dienone is 1. The number of rotatable bonds is 4. The number of aromatic amines is 2. The zero-order valence-electron chi connectivity index (χ0n) is 12.4. The van der Waals surface area contributed by atoms with Crippen LogP contribution in [0.1, 0.15) is 6.92 Å². The second-order valence-electron chi connectivity index (χ2n) is 4.86. The van der Waals surface area contributed by atoms with Crippen LogP contribution in [0.3, 0.4) is 0 Å². The second-order valence-corrected chi connectivity index (χ2v) is 4.86. The quantitative estimate of drug-likeness (QED) is 0.511. The van der Waals surface area contributed by atoms with Gasteiger partial charge < -0.3 is 20.0 Å². The number of fused-ring (bicyclic) bond motifs is 1. The summed E-state index contributed by atoms with van der Waals surface area (Å²) in [5.41, 5.74) is 1.58. The molecule has 0 radical (unpaired) electrons. The molecule has 2 aromatic carbocycles. The largest absolute Gasteiger partial charge is 0.452 e. The van der Waals surface area contributed by atoms with E-state index in [0.717, 1.165) is 0 Å². The van der Waals surface area contributed by atoms with Crippen LogP contribution in [0, 0.1) is 0 Å². The van der Waals surface area contributed by atoms with E-state index in [1.54, 1.807) is 43.3 Å². The van der Waals surface area contributed by atoms with Gasteiger partial charge in [-0.05, 0) is 43.3 Å². The fourth-order valence-electron chi connectivity index (χ4n) is 2.15. The average Bonchev–Trinajstić information content (AvgIpc) is 2.92. The van der Waals surface area contributed by atoms with Crippen LogP contribution in [0.25, 0.3) is 11.0 Å². The highest BCUT2D eigenvalue weighted by Gasteiger charge is 2.12. The Bertz CT molecular complexity index is 923. The average molecular weight is 309 g/mol. The Hall–Kier alpha value is -3.28. The normalized spacial score (nSPS) is 11.4. The number of hydrogen-bond acceptors (Lipinski definition) is 3. The molecule has 3 N–H and O–H groups in total. The van der Waals surface area contributed by atoms with E-state index >= 15 is 0 Å². The Kier molecular flexibility index (Phi) is 3.97. The molecule has 23 heavy (non-hydrogen) atoms. The molecule has 0 bridgehead atoms. The van der Waals surface area contributed by atoms with Gasteiger partial charge in [0, 0.05) is 5.69 Å². The molecule has 116 valence electrons. The number of para-hydroxylation sites is 1. The first-order valence-electron chi connectivity index (χ1n) is 7.08. The van der Waals surface area contributed by atoms with Crippen LogP contribution < -0.4 is 15.7 Å². The van der Waals surface area contributed by atoms with E-state index in [0.29, 0.717) is 22.5 Å². The molecule has 1 aromatic heterocycles. The molecule has 3 rings (SSSR count). The summed E-state index contributed by atoms with van der Waals surface area (Å²) < 4.78 is 5.57. The summed E-state index contributed by atoms with van der Waals surface area (Å²) in [6.45, 7) is 1.73. The number of ether oxygens (including phenoxy) is 1. The van der Waals surface area contributed by atoms with Crippen LogP contribution in [-0.2, 0) is 4.79 Å². The van der Waals surface area contributed by atoms with Gasteiger partial charge in [0.15, 0.2) is 5.76 Å². The molecular formula is C17H15N3O3. The molecule has 0 fully saturated rings. The first kappa shape index (κ1) is 14.6. The van der Waals surface area contributed by atoms with E-state index in [4.69, 9.17) is 4.74 Å². The van der Waals surface area contributed by atoms with Crippen molar-refractivity contribution in [3.8, 4) is 5.75 Å². The van der Waals surface area contributed by atoms with E-state index in [1.807, 2.05) is 18.2 Å². The van der Waals surface area contributed by atoms with E-state index in [2.05, 4.69) is 15.3 Å². The minimum absolute atomic E-state index is 0.193. The molecule has 0 saturated heterocycles. The monoisotopic (exact) mass is 309 g/mol. The molecule has 6 nitrogen and oxygen atoms in total. The molecule has 0 spiro atoms. The summed E-state index contributed by atoms with van der Waals surface area (Å²) in [6, 6.07) is 14.2. The molecule has 0 aliphatic carbocycles. The van der Waals surface area contributed by atoms with Crippen LogP contribution in [-0.4, -0.2) is 15.9 Å². The predicted octanol–water partition coefficient (Wildman–Crippen LogP) is 2.78. The second kappa shape index (κ2) is 6.23. The Labute approximate surface area is 131 Å². The lowest BCUT2D eigenvalue weighted by molar-refractivity contribution is -0.114. The zero-order valence-corrected chi connectivity index (χ0v) is 12.4. The molecule has 0 saturated carbocycles. The van der Waals surface area contributed by atoms with Crippen molar-refractivity contribution < 1.29 is 9.53 Å². The highest BCUT2D eigenvalue weighted by molar-refractivity contribution is 6.03. The van der Waals surface area contributed by atoms with Crippen molar-refractivity contribution >= 4 is 22.6 Å². The molecular weight excluding hydrogens is 294 g/mol. The summed E-state index contributed by atoms with van der Waals surface area (Å²) in [5.74, 6) is 0.411. The first-order chi connectivity index (χ1) is 11.2. The van der Waals surface area contributed by atoms with Gasteiger partial charge in [0.05, 0.1) is 11.0 Å². The van der Waals surface area contributed by atoms with Gasteiger partial charge in [-0.25, -0.2) is 4.79 Å². The molecule has 6 heteroatoms. The SMILES string of the molecule is CC=C(Oc1ccccc1)C(=O)Nc1ccc2[nH]c(=O)[nH]c2c1. The van der Waals surface area contributed by atoms with E-state index in [1.165, 1.54) is 0 Å². The van der Waals surface area contributed by atoms with Crippen molar-refractivity contribution in [2.45, 2.75) is 6.92 Å². The number of hydrogen-bond donors (Lipinski definition) is 3. The fourth-order valence-corrected chi connectivity index (χ4v) is 2.15. The van der Waals surface area contributed by atoms with Crippen LogP contribution >= 0.6 is 0 Å². The van der Waals surface area contributed by atoms with Crippen LogP contribution in [0.4, 0.5) is 5.69 Å². The van der Waals surface area contributed by atoms with E-state index in [-0.39, 0.29) is 17.4 Å². The third kappa shape index (κ3) is 3.32. The van der Waals surface area contributed by atoms with Crippen LogP contribution in [0.2, 0.25) is 0 Å². The van der Waals surface area contributed by atoms with Crippen molar-refractivity contribution in [3.05, 3.63) is 70.9 Å². The van der Waals surface area contributed by atoms with Gasteiger partial charge in [-0.15, -0.1) is 0 Å². The Morgan fingerprint density at radius 1 is 1.09 bits per heavy atom. The number of carbonyl (C=O) groups excluding carboxylic acids is 1. The molecule has 1 heterocycles. The number of amides is 1. The lowest BCUT2D eigenvalue weighted by Gasteiger charge is -2.10. The number of anilines is 1. The molecule has 0 atom stereocenters. The van der Waals surface area contributed by atoms with Gasteiger partial charge in [0.1, 0.15) is 5.75 Å². The third-order valence-corrected chi connectivity index (χ3v) is 3.23.